The first kappa shape index (κ1) is 14.7. The third-order valence-corrected chi connectivity index (χ3v) is 5.14. The Bertz CT molecular complexity index is 659. The van der Waals surface area contributed by atoms with Crippen LogP contribution in [0, 0.1) is 0 Å². The maximum absolute atomic E-state index is 6.05. The molecule has 21 heavy (non-hydrogen) atoms. The first-order valence-corrected chi connectivity index (χ1v) is 8.23. The molecule has 0 fully saturated rings. The van der Waals surface area contributed by atoms with Crippen LogP contribution >= 0.6 is 27.5 Å². The fourth-order valence-electron chi connectivity index (χ4n) is 2.84. The molecule has 2 nitrogen and oxygen atoms in total. The summed E-state index contributed by atoms with van der Waals surface area (Å²) in [7, 11) is 1.71. The summed E-state index contributed by atoms with van der Waals surface area (Å²) >= 11 is 9.53. The zero-order valence-electron chi connectivity index (χ0n) is 11.8. The number of ether oxygens (including phenoxy) is 1. The van der Waals surface area contributed by atoms with Crippen LogP contribution in [0.1, 0.15) is 30.0 Å². The van der Waals surface area contributed by atoms with Crippen molar-refractivity contribution in [2.45, 2.75) is 25.3 Å². The van der Waals surface area contributed by atoms with Gasteiger partial charge < -0.3 is 10.1 Å². The lowest BCUT2D eigenvalue weighted by Gasteiger charge is -2.28. The Hall–Kier alpha value is -1.19. The standard InChI is InChI=1S/C17H17BrClNO/c1-21-13-7-5-11-3-2-4-17(14(11)10-13)20-12-6-8-16(19)15(18)9-12/h5-10,17,20H,2-4H2,1H3. The minimum absolute atomic E-state index is 0.317. The molecule has 0 bridgehead atoms. The largest absolute Gasteiger partial charge is 0.497 e. The highest BCUT2D eigenvalue weighted by molar-refractivity contribution is 9.10. The van der Waals surface area contributed by atoms with E-state index in [2.05, 4.69) is 33.4 Å². The number of rotatable bonds is 3. The second kappa shape index (κ2) is 6.29. The third-order valence-electron chi connectivity index (χ3n) is 3.93. The van der Waals surface area contributed by atoms with Crippen molar-refractivity contribution in [3.8, 4) is 5.75 Å². The zero-order chi connectivity index (χ0) is 14.8. The Morgan fingerprint density at radius 3 is 2.86 bits per heavy atom. The number of benzene rings is 2. The molecule has 0 heterocycles. The predicted octanol–water partition coefficient (Wildman–Crippen LogP) is 5.60. The van der Waals surface area contributed by atoms with E-state index in [0.717, 1.165) is 33.8 Å². The number of hydrogen-bond acceptors (Lipinski definition) is 2. The Balaban J connectivity index is 1.88. The van der Waals surface area contributed by atoms with Gasteiger partial charge in [-0.05, 0) is 76.7 Å². The van der Waals surface area contributed by atoms with Crippen molar-refractivity contribution in [2.75, 3.05) is 12.4 Å². The van der Waals surface area contributed by atoms with E-state index in [1.807, 2.05) is 24.3 Å². The van der Waals surface area contributed by atoms with Gasteiger partial charge in [-0.15, -0.1) is 0 Å². The van der Waals surface area contributed by atoms with Gasteiger partial charge in [-0.25, -0.2) is 0 Å². The summed E-state index contributed by atoms with van der Waals surface area (Å²) in [5.74, 6) is 0.916. The Kier molecular flexibility index (Phi) is 4.41. The number of methoxy groups -OCH3 is 1. The molecule has 1 unspecified atom stereocenters. The number of anilines is 1. The first-order valence-electron chi connectivity index (χ1n) is 7.06. The monoisotopic (exact) mass is 365 g/mol. The number of aryl methyl sites for hydroxylation is 1. The van der Waals surface area contributed by atoms with E-state index < -0.39 is 0 Å². The van der Waals surface area contributed by atoms with Crippen molar-refractivity contribution in [3.63, 3.8) is 0 Å². The van der Waals surface area contributed by atoms with Crippen LogP contribution in [0.25, 0.3) is 0 Å². The summed E-state index contributed by atoms with van der Waals surface area (Å²) in [6.07, 6.45) is 3.47. The Morgan fingerprint density at radius 1 is 1.24 bits per heavy atom. The normalized spacial score (nSPS) is 17.2. The second-order valence-corrected chi connectivity index (χ2v) is 6.54. The second-order valence-electron chi connectivity index (χ2n) is 5.28. The van der Waals surface area contributed by atoms with Crippen molar-refractivity contribution in [3.05, 3.63) is 57.0 Å². The molecular formula is C17H17BrClNO. The van der Waals surface area contributed by atoms with Crippen LogP contribution in [-0.2, 0) is 6.42 Å². The van der Waals surface area contributed by atoms with Crippen molar-refractivity contribution in [2.24, 2.45) is 0 Å². The molecule has 2 aromatic carbocycles. The van der Waals surface area contributed by atoms with Gasteiger partial charge in [-0.1, -0.05) is 17.7 Å². The average Bonchev–Trinajstić information content (AvgIpc) is 2.51. The molecule has 0 amide bonds. The van der Waals surface area contributed by atoms with Crippen LogP contribution in [0.3, 0.4) is 0 Å². The van der Waals surface area contributed by atoms with Gasteiger partial charge in [0.15, 0.2) is 0 Å². The van der Waals surface area contributed by atoms with E-state index in [-0.39, 0.29) is 0 Å². The molecule has 1 aliphatic carbocycles. The molecule has 1 N–H and O–H groups in total. The zero-order valence-corrected chi connectivity index (χ0v) is 14.2. The number of nitrogens with one attached hydrogen (secondary N) is 1. The van der Waals surface area contributed by atoms with Crippen LogP contribution in [-0.4, -0.2) is 7.11 Å². The van der Waals surface area contributed by atoms with E-state index in [1.165, 1.54) is 17.5 Å². The molecule has 0 saturated carbocycles. The number of halogens is 2. The molecule has 110 valence electrons. The summed E-state index contributed by atoms with van der Waals surface area (Å²) < 4.78 is 6.27. The molecule has 0 radical (unpaired) electrons. The van der Waals surface area contributed by atoms with Crippen LogP contribution in [0.5, 0.6) is 5.75 Å². The Labute approximate surface area is 138 Å². The summed E-state index contributed by atoms with van der Waals surface area (Å²) in [5.41, 5.74) is 3.83. The molecule has 0 saturated heterocycles. The van der Waals surface area contributed by atoms with Gasteiger partial charge in [0.05, 0.1) is 18.2 Å². The molecule has 0 aromatic heterocycles. The van der Waals surface area contributed by atoms with Crippen molar-refractivity contribution in [1.82, 2.24) is 0 Å². The minimum Gasteiger partial charge on any atom is -0.497 e. The van der Waals surface area contributed by atoms with Crippen molar-refractivity contribution < 1.29 is 4.74 Å². The highest BCUT2D eigenvalue weighted by atomic mass is 79.9. The number of fused-ring (bicyclic) bond motifs is 1. The van der Waals surface area contributed by atoms with E-state index in [9.17, 15) is 0 Å². The van der Waals surface area contributed by atoms with E-state index in [4.69, 9.17) is 16.3 Å². The lowest BCUT2D eigenvalue weighted by atomic mass is 9.87. The minimum atomic E-state index is 0.317. The van der Waals surface area contributed by atoms with E-state index >= 15 is 0 Å². The maximum Gasteiger partial charge on any atom is 0.119 e. The van der Waals surface area contributed by atoms with Crippen LogP contribution < -0.4 is 10.1 Å². The lowest BCUT2D eigenvalue weighted by Crippen LogP contribution is -2.17. The fourth-order valence-corrected chi connectivity index (χ4v) is 3.34. The lowest BCUT2D eigenvalue weighted by molar-refractivity contribution is 0.413. The van der Waals surface area contributed by atoms with E-state index in [1.54, 1.807) is 7.11 Å². The summed E-state index contributed by atoms with van der Waals surface area (Å²) in [6.45, 7) is 0. The molecule has 0 aliphatic heterocycles. The SMILES string of the molecule is COc1ccc2c(c1)C(Nc1ccc(Cl)c(Br)c1)CCC2. The topological polar surface area (TPSA) is 21.3 Å². The van der Waals surface area contributed by atoms with Gasteiger partial charge in [-0.3, -0.25) is 0 Å². The highest BCUT2D eigenvalue weighted by Crippen LogP contribution is 2.35. The summed E-state index contributed by atoms with van der Waals surface area (Å²) in [5, 5.41) is 4.34. The molecule has 1 aliphatic rings. The smallest absolute Gasteiger partial charge is 0.119 e. The number of hydrogen-bond donors (Lipinski definition) is 1. The Morgan fingerprint density at radius 2 is 2.10 bits per heavy atom. The third kappa shape index (κ3) is 3.19. The summed E-state index contributed by atoms with van der Waals surface area (Å²) in [4.78, 5) is 0. The highest BCUT2D eigenvalue weighted by Gasteiger charge is 2.20. The predicted molar refractivity (Wildman–Crippen MR) is 91.4 cm³/mol. The average molecular weight is 367 g/mol. The molecule has 0 spiro atoms. The van der Waals surface area contributed by atoms with Gasteiger partial charge in [0.25, 0.3) is 0 Å². The van der Waals surface area contributed by atoms with Gasteiger partial charge in [0.2, 0.25) is 0 Å². The molecule has 4 heteroatoms. The quantitative estimate of drug-likeness (QED) is 0.763. The maximum atomic E-state index is 6.05. The molecule has 2 aromatic rings. The molecule has 3 rings (SSSR count). The van der Waals surface area contributed by atoms with Crippen LogP contribution in [0.4, 0.5) is 5.69 Å². The van der Waals surface area contributed by atoms with Gasteiger partial charge in [0.1, 0.15) is 5.75 Å². The van der Waals surface area contributed by atoms with Crippen molar-refractivity contribution in [1.29, 1.82) is 0 Å². The summed E-state index contributed by atoms with van der Waals surface area (Å²) in [6, 6.07) is 12.6. The van der Waals surface area contributed by atoms with Crippen LogP contribution in [0.2, 0.25) is 5.02 Å². The first-order chi connectivity index (χ1) is 10.2. The molecular weight excluding hydrogens is 350 g/mol. The van der Waals surface area contributed by atoms with Gasteiger partial charge in [-0.2, -0.15) is 0 Å². The van der Waals surface area contributed by atoms with Gasteiger partial charge in [0, 0.05) is 10.2 Å². The molecule has 1 atom stereocenters. The van der Waals surface area contributed by atoms with Gasteiger partial charge >= 0.3 is 0 Å². The van der Waals surface area contributed by atoms with Crippen molar-refractivity contribution >= 4 is 33.2 Å². The fraction of sp³-hybridized carbons (Fsp3) is 0.294. The van der Waals surface area contributed by atoms with E-state index in [0.29, 0.717) is 6.04 Å². The van der Waals surface area contributed by atoms with Crippen LogP contribution in [0.15, 0.2) is 40.9 Å².